The molecule has 0 saturated carbocycles. The van der Waals surface area contributed by atoms with Gasteiger partial charge in [-0.2, -0.15) is 0 Å². The van der Waals surface area contributed by atoms with Gasteiger partial charge in [-0.05, 0) is 55.8 Å². The molecule has 2 rings (SSSR count). The molecule has 2 aromatic carbocycles. The second kappa shape index (κ2) is 8.68. The molecular formula is C19H22N2O5S2. The molecule has 0 radical (unpaired) electrons. The van der Waals surface area contributed by atoms with Crippen LogP contribution >= 0.6 is 0 Å². The van der Waals surface area contributed by atoms with Crippen LogP contribution in [0.1, 0.15) is 11.1 Å². The Kier molecular flexibility index (Phi) is 6.76. The highest BCUT2D eigenvalue weighted by Crippen LogP contribution is 2.19. The van der Waals surface area contributed by atoms with Crippen molar-refractivity contribution in [2.45, 2.75) is 23.1 Å². The van der Waals surface area contributed by atoms with E-state index in [9.17, 15) is 21.6 Å². The summed E-state index contributed by atoms with van der Waals surface area (Å²) in [6.45, 7) is 5.37. The van der Waals surface area contributed by atoms with Gasteiger partial charge in [0.25, 0.3) is 5.91 Å². The van der Waals surface area contributed by atoms with Crippen LogP contribution in [0.25, 0.3) is 0 Å². The number of hydrogen-bond donors (Lipinski definition) is 2. The Hall–Kier alpha value is -2.49. The summed E-state index contributed by atoms with van der Waals surface area (Å²) in [4.78, 5) is 11.8. The topological polar surface area (TPSA) is 109 Å². The number of nitrogens with one attached hydrogen (secondary N) is 2. The van der Waals surface area contributed by atoms with E-state index in [1.165, 1.54) is 31.3 Å². The van der Waals surface area contributed by atoms with Gasteiger partial charge in [0, 0.05) is 6.54 Å². The molecule has 7 nitrogen and oxygen atoms in total. The number of carbonyl (C=O) groups is 1. The second-order valence-electron chi connectivity index (χ2n) is 6.10. The van der Waals surface area contributed by atoms with Crippen molar-refractivity contribution in [3.05, 3.63) is 71.1 Å². The van der Waals surface area contributed by atoms with Crippen LogP contribution < -0.4 is 10.0 Å². The maximum Gasteiger partial charge on any atom is 0.262 e. The molecule has 0 atom stereocenters. The maximum absolute atomic E-state index is 12.5. The summed E-state index contributed by atoms with van der Waals surface area (Å²) >= 11 is 0. The number of sulfonamides is 1. The number of carbonyl (C=O) groups excluding carboxylic acids is 1. The molecule has 2 aromatic rings. The van der Waals surface area contributed by atoms with Crippen LogP contribution in [0.3, 0.4) is 0 Å². The van der Waals surface area contributed by atoms with Crippen LogP contribution in [-0.4, -0.2) is 36.3 Å². The molecule has 1 amide bonds. The third-order valence-corrected chi connectivity index (χ3v) is 7.22. The molecule has 28 heavy (non-hydrogen) atoms. The summed E-state index contributed by atoms with van der Waals surface area (Å²) in [5.41, 5.74) is 1.56. The van der Waals surface area contributed by atoms with E-state index < -0.39 is 30.7 Å². The van der Waals surface area contributed by atoms with Gasteiger partial charge in [-0.25, -0.2) is 21.6 Å². The lowest BCUT2D eigenvalue weighted by atomic mass is 10.1. The lowest BCUT2D eigenvalue weighted by Crippen LogP contribution is -2.29. The van der Waals surface area contributed by atoms with E-state index in [1.54, 1.807) is 31.2 Å². The van der Waals surface area contributed by atoms with Gasteiger partial charge in [-0.1, -0.05) is 30.8 Å². The zero-order valence-electron chi connectivity index (χ0n) is 15.6. The molecule has 0 spiro atoms. The highest BCUT2D eigenvalue weighted by molar-refractivity contribution is 7.96. The van der Waals surface area contributed by atoms with Crippen molar-refractivity contribution in [1.29, 1.82) is 0 Å². The van der Waals surface area contributed by atoms with Crippen LogP contribution in [0.5, 0.6) is 0 Å². The molecule has 2 N–H and O–H groups in total. The largest absolute Gasteiger partial charge is 0.351 e. The zero-order chi connectivity index (χ0) is 20.9. The van der Waals surface area contributed by atoms with E-state index in [2.05, 4.69) is 16.6 Å². The van der Waals surface area contributed by atoms with Crippen LogP contribution in [0, 0.1) is 6.92 Å². The van der Waals surface area contributed by atoms with Crippen LogP contribution in [0.15, 0.2) is 69.8 Å². The lowest BCUT2D eigenvalue weighted by Gasteiger charge is -2.10. The fourth-order valence-corrected chi connectivity index (χ4v) is 4.35. The van der Waals surface area contributed by atoms with Crippen molar-refractivity contribution >= 4 is 25.8 Å². The van der Waals surface area contributed by atoms with E-state index in [0.717, 1.165) is 11.1 Å². The number of aryl methyl sites for hydroxylation is 1. The van der Waals surface area contributed by atoms with Crippen LogP contribution in [0.4, 0.5) is 0 Å². The predicted molar refractivity (Wildman–Crippen MR) is 107 cm³/mol. The SMILES string of the molecule is C=C(C(=O)NCCc1ccc(S(=O)(=O)NC)cc1)S(=O)(=O)c1cccc(C)c1. The molecule has 9 heteroatoms. The maximum atomic E-state index is 12.5. The Morgan fingerprint density at radius 3 is 2.21 bits per heavy atom. The highest BCUT2D eigenvalue weighted by Gasteiger charge is 2.24. The van der Waals surface area contributed by atoms with Gasteiger partial charge in [-0.15, -0.1) is 0 Å². The van der Waals surface area contributed by atoms with Gasteiger partial charge in [0.05, 0.1) is 9.79 Å². The van der Waals surface area contributed by atoms with E-state index in [-0.39, 0.29) is 16.3 Å². The Bertz CT molecular complexity index is 1090. The second-order valence-corrected chi connectivity index (χ2v) is 9.96. The Morgan fingerprint density at radius 2 is 1.64 bits per heavy atom. The Balaban J connectivity index is 1.98. The summed E-state index contributed by atoms with van der Waals surface area (Å²) in [5, 5.41) is 2.53. The van der Waals surface area contributed by atoms with E-state index in [0.29, 0.717) is 6.42 Å². The average Bonchev–Trinajstić information content (AvgIpc) is 2.67. The summed E-state index contributed by atoms with van der Waals surface area (Å²) < 4.78 is 50.6. The van der Waals surface area contributed by atoms with Crippen molar-refractivity contribution in [1.82, 2.24) is 10.0 Å². The lowest BCUT2D eigenvalue weighted by molar-refractivity contribution is -0.116. The summed E-state index contributed by atoms with van der Waals surface area (Å²) in [6.07, 6.45) is 0.406. The zero-order valence-corrected chi connectivity index (χ0v) is 17.2. The molecule has 0 aliphatic heterocycles. The minimum absolute atomic E-state index is 0.0222. The first-order valence-electron chi connectivity index (χ1n) is 8.39. The van der Waals surface area contributed by atoms with Crippen LogP contribution in [0.2, 0.25) is 0 Å². The number of amides is 1. The fraction of sp³-hybridized carbons (Fsp3) is 0.211. The van der Waals surface area contributed by atoms with E-state index in [4.69, 9.17) is 0 Å². The molecule has 0 aliphatic rings. The predicted octanol–water partition coefficient (Wildman–Crippen LogP) is 1.55. The van der Waals surface area contributed by atoms with Gasteiger partial charge in [0.1, 0.15) is 4.91 Å². The van der Waals surface area contributed by atoms with Gasteiger partial charge in [0.2, 0.25) is 19.9 Å². The molecule has 0 heterocycles. The smallest absolute Gasteiger partial charge is 0.262 e. The Morgan fingerprint density at radius 1 is 1.00 bits per heavy atom. The minimum Gasteiger partial charge on any atom is -0.351 e. The monoisotopic (exact) mass is 422 g/mol. The third-order valence-electron chi connectivity index (χ3n) is 4.08. The molecule has 0 saturated heterocycles. The van der Waals surface area contributed by atoms with Crippen molar-refractivity contribution < 1.29 is 21.6 Å². The van der Waals surface area contributed by atoms with Gasteiger partial charge >= 0.3 is 0 Å². The minimum atomic E-state index is -3.96. The quantitative estimate of drug-likeness (QED) is 0.628. The normalized spacial score (nSPS) is 11.8. The summed E-state index contributed by atoms with van der Waals surface area (Å²) in [6, 6.07) is 12.5. The van der Waals surface area contributed by atoms with E-state index >= 15 is 0 Å². The van der Waals surface area contributed by atoms with E-state index in [1.807, 2.05) is 0 Å². The molecule has 0 unspecified atom stereocenters. The van der Waals surface area contributed by atoms with Crippen molar-refractivity contribution in [2.24, 2.45) is 0 Å². The Labute approximate surface area is 165 Å². The number of hydrogen-bond acceptors (Lipinski definition) is 5. The average molecular weight is 423 g/mol. The van der Waals surface area contributed by atoms with Crippen LogP contribution in [-0.2, 0) is 31.1 Å². The highest BCUT2D eigenvalue weighted by atomic mass is 32.2. The first-order valence-corrected chi connectivity index (χ1v) is 11.4. The van der Waals surface area contributed by atoms with Gasteiger partial charge in [0.15, 0.2) is 0 Å². The summed E-state index contributed by atoms with van der Waals surface area (Å²) in [5.74, 6) is -0.768. The molecule has 0 bridgehead atoms. The molecule has 150 valence electrons. The van der Waals surface area contributed by atoms with Crippen molar-refractivity contribution in [3.63, 3.8) is 0 Å². The first-order chi connectivity index (χ1) is 13.1. The third kappa shape index (κ3) is 5.06. The standard InChI is InChI=1S/C19H22N2O5S2/c1-14-5-4-6-18(13-14)27(23,24)15(2)19(22)21-12-11-16-7-9-17(10-8-16)28(25,26)20-3/h4-10,13,20H,2,11-12H2,1,3H3,(H,21,22). The van der Waals surface area contributed by atoms with Gasteiger partial charge < -0.3 is 5.32 Å². The molecule has 0 aromatic heterocycles. The number of benzene rings is 2. The number of sulfone groups is 1. The summed E-state index contributed by atoms with van der Waals surface area (Å²) in [7, 11) is -6.14. The number of rotatable bonds is 8. The van der Waals surface area contributed by atoms with Crippen molar-refractivity contribution in [3.8, 4) is 0 Å². The molecular weight excluding hydrogens is 400 g/mol. The molecule has 0 fully saturated rings. The molecule has 0 aliphatic carbocycles. The van der Waals surface area contributed by atoms with Gasteiger partial charge in [-0.3, -0.25) is 4.79 Å². The fourth-order valence-electron chi connectivity index (χ4n) is 2.42. The first kappa shape index (κ1) is 21.8. The van der Waals surface area contributed by atoms with Crippen molar-refractivity contribution in [2.75, 3.05) is 13.6 Å².